The molecule has 0 fully saturated rings. The van der Waals surface area contributed by atoms with Crippen molar-refractivity contribution in [2.75, 3.05) is 0 Å². The van der Waals surface area contributed by atoms with Crippen molar-refractivity contribution < 1.29 is 0 Å². The second kappa shape index (κ2) is 8.19. The average Bonchev–Trinajstić information content (AvgIpc) is 2.16. The van der Waals surface area contributed by atoms with Crippen LogP contribution in [0.3, 0.4) is 0 Å². The third kappa shape index (κ3) is 6.98. The van der Waals surface area contributed by atoms with Gasteiger partial charge in [0.2, 0.25) is 0 Å². The molecule has 0 aliphatic rings. The summed E-state index contributed by atoms with van der Waals surface area (Å²) in [5.74, 6) is 3.40. The maximum atomic E-state index is 2.52. The standard InChI is InChI=1S/C15H31/c1-7-9-13(4)10-8-11-14(5)15(6)12(2)3/h8,12-15H,7,9-11H2,1-6H3. The maximum Gasteiger partial charge on any atom is -0.0380 e. The summed E-state index contributed by atoms with van der Waals surface area (Å²) in [6, 6.07) is 0. The Morgan fingerprint density at radius 2 is 1.53 bits per heavy atom. The van der Waals surface area contributed by atoms with Gasteiger partial charge in [-0.25, -0.2) is 0 Å². The van der Waals surface area contributed by atoms with Crippen molar-refractivity contribution in [2.24, 2.45) is 23.7 Å². The predicted octanol–water partition coefficient (Wildman–Crippen LogP) is 5.34. The highest BCUT2D eigenvalue weighted by molar-refractivity contribution is 4.75. The van der Waals surface area contributed by atoms with Crippen LogP contribution in [0.15, 0.2) is 0 Å². The van der Waals surface area contributed by atoms with Crippen LogP contribution in [0.25, 0.3) is 0 Å². The van der Waals surface area contributed by atoms with Gasteiger partial charge < -0.3 is 0 Å². The summed E-state index contributed by atoms with van der Waals surface area (Å²) < 4.78 is 0. The molecule has 0 amide bonds. The molecule has 0 N–H and O–H groups in total. The summed E-state index contributed by atoms with van der Waals surface area (Å²) in [5, 5.41) is 0. The van der Waals surface area contributed by atoms with Crippen molar-refractivity contribution in [1.29, 1.82) is 0 Å². The van der Waals surface area contributed by atoms with Gasteiger partial charge in [0.25, 0.3) is 0 Å². The fraction of sp³-hybridized carbons (Fsp3) is 0.933. The van der Waals surface area contributed by atoms with E-state index in [-0.39, 0.29) is 0 Å². The topological polar surface area (TPSA) is 0 Å². The summed E-state index contributed by atoms with van der Waals surface area (Å²) >= 11 is 0. The first-order chi connectivity index (χ1) is 6.99. The van der Waals surface area contributed by atoms with Crippen molar-refractivity contribution >= 4 is 0 Å². The zero-order chi connectivity index (χ0) is 11.8. The van der Waals surface area contributed by atoms with E-state index in [1.54, 1.807) is 0 Å². The summed E-state index contributed by atoms with van der Waals surface area (Å²) in [6.07, 6.45) is 7.83. The average molecular weight is 211 g/mol. The highest BCUT2D eigenvalue weighted by Gasteiger charge is 2.15. The van der Waals surface area contributed by atoms with Crippen LogP contribution in [0.4, 0.5) is 0 Å². The Morgan fingerprint density at radius 3 is 2.00 bits per heavy atom. The SMILES string of the molecule is CCCC(C)C[CH]CC(C)C(C)C(C)C. The highest BCUT2D eigenvalue weighted by Crippen LogP contribution is 2.25. The van der Waals surface area contributed by atoms with Crippen LogP contribution in [0, 0.1) is 30.1 Å². The van der Waals surface area contributed by atoms with Gasteiger partial charge in [-0.05, 0) is 42.9 Å². The molecule has 3 unspecified atom stereocenters. The lowest BCUT2D eigenvalue weighted by atomic mass is 9.82. The minimum Gasteiger partial charge on any atom is -0.0654 e. The Morgan fingerprint density at radius 1 is 0.933 bits per heavy atom. The van der Waals surface area contributed by atoms with Crippen molar-refractivity contribution in [2.45, 2.75) is 67.2 Å². The summed E-state index contributed by atoms with van der Waals surface area (Å²) in [5.41, 5.74) is 0. The van der Waals surface area contributed by atoms with Gasteiger partial charge in [-0.3, -0.25) is 0 Å². The molecule has 0 spiro atoms. The van der Waals surface area contributed by atoms with E-state index < -0.39 is 0 Å². The number of rotatable bonds is 8. The molecule has 91 valence electrons. The summed E-state index contributed by atoms with van der Waals surface area (Å²) in [6.45, 7) is 14.1. The molecular weight excluding hydrogens is 180 g/mol. The molecule has 0 aromatic heterocycles. The van der Waals surface area contributed by atoms with Crippen molar-refractivity contribution in [1.82, 2.24) is 0 Å². The molecule has 0 aliphatic carbocycles. The van der Waals surface area contributed by atoms with Crippen LogP contribution in [-0.2, 0) is 0 Å². The monoisotopic (exact) mass is 211 g/mol. The van der Waals surface area contributed by atoms with Gasteiger partial charge in [-0.2, -0.15) is 0 Å². The Hall–Kier alpha value is 0. The van der Waals surface area contributed by atoms with E-state index in [0.717, 1.165) is 23.7 Å². The van der Waals surface area contributed by atoms with Gasteiger partial charge in [0.05, 0.1) is 0 Å². The smallest absolute Gasteiger partial charge is 0.0380 e. The molecule has 0 saturated heterocycles. The van der Waals surface area contributed by atoms with Gasteiger partial charge in [0.1, 0.15) is 0 Å². The predicted molar refractivity (Wildman–Crippen MR) is 70.8 cm³/mol. The lowest BCUT2D eigenvalue weighted by Crippen LogP contribution is -2.14. The van der Waals surface area contributed by atoms with E-state index in [1.165, 1.54) is 25.7 Å². The molecule has 0 aromatic rings. The molecular formula is C15H31. The normalized spacial score (nSPS) is 17.8. The van der Waals surface area contributed by atoms with Gasteiger partial charge in [0.15, 0.2) is 0 Å². The Labute approximate surface area is 97.8 Å². The first-order valence-electron chi connectivity index (χ1n) is 6.80. The van der Waals surface area contributed by atoms with Crippen LogP contribution in [0.1, 0.15) is 67.2 Å². The van der Waals surface area contributed by atoms with Crippen LogP contribution in [0.5, 0.6) is 0 Å². The van der Waals surface area contributed by atoms with E-state index in [1.807, 2.05) is 0 Å². The van der Waals surface area contributed by atoms with E-state index in [0.29, 0.717) is 0 Å². The molecule has 0 nitrogen and oxygen atoms in total. The van der Waals surface area contributed by atoms with Crippen molar-refractivity contribution in [3.05, 3.63) is 6.42 Å². The first kappa shape index (κ1) is 15.0. The molecule has 0 aliphatic heterocycles. The summed E-state index contributed by atoms with van der Waals surface area (Å²) in [7, 11) is 0. The first-order valence-corrected chi connectivity index (χ1v) is 6.80. The van der Waals surface area contributed by atoms with Gasteiger partial charge in [0, 0.05) is 0 Å². The molecule has 0 bridgehead atoms. The van der Waals surface area contributed by atoms with Crippen molar-refractivity contribution in [3.63, 3.8) is 0 Å². The fourth-order valence-corrected chi connectivity index (χ4v) is 2.13. The van der Waals surface area contributed by atoms with Crippen LogP contribution < -0.4 is 0 Å². The van der Waals surface area contributed by atoms with E-state index in [9.17, 15) is 0 Å². The van der Waals surface area contributed by atoms with E-state index in [4.69, 9.17) is 0 Å². The summed E-state index contributed by atoms with van der Waals surface area (Å²) in [4.78, 5) is 0. The maximum absolute atomic E-state index is 2.52. The molecule has 0 rings (SSSR count). The fourth-order valence-electron chi connectivity index (χ4n) is 2.13. The second-order valence-electron chi connectivity index (χ2n) is 5.73. The van der Waals surface area contributed by atoms with Gasteiger partial charge in [-0.1, -0.05) is 54.4 Å². The third-order valence-corrected chi connectivity index (χ3v) is 3.84. The van der Waals surface area contributed by atoms with Gasteiger partial charge in [-0.15, -0.1) is 0 Å². The minimum absolute atomic E-state index is 0.821. The van der Waals surface area contributed by atoms with Crippen LogP contribution in [-0.4, -0.2) is 0 Å². The lowest BCUT2D eigenvalue weighted by molar-refractivity contribution is 0.289. The molecule has 1 radical (unpaired) electrons. The van der Waals surface area contributed by atoms with E-state index >= 15 is 0 Å². The Balaban J connectivity index is 3.58. The van der Waals surface area contributed by atoms with Crippen LogP contribution >= 0.6 is 0 Å². The zero-order valence-corrected chi connectivity index (χ0v) is 11.7. The zero-order valence-electron chi connectivity index (χ0n) is 11.7. The number of hydrogen-bond donors (Lipinski definition) is 0. The lowest BCUT2D eigenvalue weighted by Gasteiger charge is -2.23. The minimum atomic E-state index is 0.821. The van der Waals surface area contributed by atoms with Crippen molar-refractivity contribution in [3.8, 4) is 0 Å². The number of hydrogen-bond acceptors (Lipinski definition) is 0. The molecule has 15 heavy (non-hydrogen) atoms. The molecule has 0 saturated carbocycles. The highest BCUT2D eigenvalue weighted by atomic mass is 14.2. The van der Waals surface area contributed by atoms with E-state index in [2.05, 4.69) is 48.0 Å². The molecule has 0 aromatic carbocycles. The Kier molecular flexibility index (Phi) is 8.19. The largest absolute Gasteiger partial charge is 0.0654 e. The third-order valence-electron chi connectivity index (χ3n) is 3.84. The van der Waals surface area contributed by atoms with Crippen LogP contribution in [0.2, 0.25) is 0 Å². The second-order valence-corrected chi connectivity index (χ2v) is 5.73. The quantitative estimate of drug-likeness (QED) is 0.508. The Bertz CT molecular complexity index is 137. The molecule has 3 atom stereocenters. The molecule has 0 heterocycles. The molecule has 0 heteroatoms. The van der Waals surface area contributed by atoms with Gasteiger partial charge >= 0.3 is 0 Å².